The number of nitrogens with one attached hydrogen (secondary N) is 1. The summed E-state index contributed by atoms with van der Waals surface area (Å²) in [5.41, 5.74) is 7.26. The van der Waals surface area contributed by atoms with Gasteiger partial charge in [-0.25, -0.2) is 4.98 Å². The number of anilines is 2. The van der Waals surface area contributed by atoms with E-state index in [0.717, 1.165) is 44.0 Å². The molecule has 2 aromatic rings. The predicted octanol–water partition coefficient (Wildman–Crippen LogP) is 2.41. The van der Waals surface area contributed by atoms with Crippen LogP contribution >= 0.6 is 0 Å². The van der Waals surface area contributed by atoms with E-state index in [1.165, 1.54) is 11.8 Å². The summed E-state index contributed by atoms with van der Waals surface area (Å²) in [6.45, 7) is 5.39. The number of nitriles is 1. The Morgan fingerprint density at radius 3 is 2.75 bits per heavy atom. The summed E-state index contributed by atoms with van der Waals surface area (Å²) in [4.78, 5) is 10.8. The minimum absolute atomic E-state index is 0.210. The SMILES string of the molecule is CCOc1cc(CN2CCC(Nc3ncc(C#N)c(N)n3)CC2)ccc1OC. The quantitative estimate of drug-likeness (QED) is 0.751. The summed E-state index contributed by atoms with van der Waals surface area (Å²) in [6.07, 6.45) is 3.43. The lowest BCUT2D eigenvalue weighted by Crippen LogP contribution is -2.39. The molecular formula is C20H26N6O2. The molecule has 0 saturated carbocycles. The van der Waals surface area contributed by atoms with Gasteiger partial charge in [0.1, 0.15) is 17.5 Å². The topological polar surface area (TPSA) is 109 Å². The van der Waals surface area contributed by atoms with Crippen LogP contribution in [0.4, 0.5) is 11.8 Å². The second-order valence-corrected chi connectivity index (χ2v) is 6.72. The third-order valence-electron chi connectivity index (χ3n) is 4.79. The lowest BCUT2D eigenvalue weighted by Gasteiger charge is -2.32. The van der Waals surface area contributed by atoms with E-state index in [-0.39, 0.29) is 5.82 Å². The fourth-order valence-corrected chi connectivity index (χ4v) is 3.31. The van der Waals surface area contributed by atoms with Crippen molar-refractivity contribution in [1.82, 2.24) is 14.9 Å². The third-order valence-corrected chi connectivity index (χ3v) is 4.79. The summed E-state index contributed by atoms with van der Waals surface area (Å²) >= 11 is 0. The van der Waals surface area contributed by atoms with Gasteiger partial charge in [0, 0.05) is 25.7 Å². The van der Waals surface area contributed by atoms with Crippen molar-refractivity contribution in [2.75, 3.05) is 37.9 Å². The van der Waals surface area contributed by atoms with Crippen molar-refractivity contribution in [3.8, 4) is 17.6 Å². The van der Waals surface area contributed by atoms with Gasteiger partial charge in [-0.2, -0.15) is 10.2 Å². The van der Waals surface area contributed by atoms with Gasteiger partial charge in [-0.05, 0) is 37.5 Å². The van der Waals surface area contributed by atoms with Gasteiger partial charge in [0.15, 0.2) is 11.5 Å². The second kappa shape index (κ2) is 9.24. The van der Waals surface area contributed by atoms with Gasteiger partial charge in [-0.15, -0.1) is 0 Å². The number of likely N-dealkylation sites (tertiary alicyclic amines) is 1. The predicted molar refractivity (Wildman–Crippen MR) is 107 cm³/mol. The van der Waals surface area contributed by atoms with Gasteiger partial charge in [0.05, 0.1) is 19.9 Å². The molecule has 28 heavy (non-hydrogen) atoms. The third kappa shape index (κ3) is 4.81. The molecule has 0 aliphatic carbocycles. The second-order valence-electron chi connectivity index (χ2n) is 6.72. The molecule has 1 aliphatic rings. The summed E-state index contributed by atoms with van der Waals surface area (Å²) in [5, 5.41) is 12.2. The number of nitrogens with two attached hydrogens (primary N) is 1. The van der Waals surface area contributed by atoms with Crippen LogP contribution < -0.4 is 20.5 Å². The molecule has 0 amide bonds. The molecule has 1 fully saturated rings. The fraction of sp³-hybridized carbons (Fsp3) is 0.450. The van der Waals surface area contributed by atoms with E-state index in [4.69, 9.17) is 20.5 Å². The summed E-state index contributed by atoms with van der Waals surface area (Å²) in [6, 6.07) is 8.36. The summed E-state index contributed by atoms with van der Waals surface area (Å²) in [7, 11) is 1.65. The van der Waals surface area contributed by atoms with Crippen LogP contribution in [0.25, 0.3) is 0 Å². The molecule has 1 aliphatic heterocycles. The van der Waals surface area contributed by atoms with E-state index in [2.05, 4.69) is 32.3 Å². The standard InChI is InChI=1S/C20H26N6O2/c1-3-28-18-10-14(4-5-17(18)27-2)13-26-8-6-16(7-9-26)24-20-23-12-15(11-21)19(22)25-20/h4-5,10,12,16H,3,6-9,13H2,1-2H3,(H3,22,23,24,25). The molecule has 3 rings (SSSR count). The molecule has 0 spiro atoms. The number of methoxy groups -OCH3 is 1. The fourth-order valence-electron chi connectivity index (χ4n) is 3.31. The Kier molecular flexibility index (Phi) is 6.50. The van der Waals surface area contributed by atoms with E-state index in [1.807, 2.05) is 19.1 Å². The van der Waals surface area contributed by atoms with Gasteiger partial charge in [-0.3, -0.25) is 4.90 Å². The van der Waals surface area contributed by atoms with Crippen LogP contribution in [0.5, 0.6) is 11.5 Å². The van der Waals surface area contributed by atoms with Gasteiger partial charge in [-0.1, -0.05) is 6.07 Å². The number of rotatable bonds is 7. The van der Waals surface area contributed by atoms with Crippen LogP contribution in [0.2, 0.25) is 0 Å². The average Bonchev–Trinajstić information content (AvgIpc) is 2.70. The number of aromatic nitrogens is 2. The Balaban J connectivity index is 1.53. The minimum atomic E-state index is 0.210. The Morgan fingerprint density at radius 2 is 2.11 bits per heavy atom. The van der Waals surface area contributed by atoms with Gasteiger partial charge < -0.3 is 20.5 Å². The van der Waals surface area contributed by atoms with Crippen molar-refractivity contribution >= 4 is 11.8 Å². The van der Waals surface area contributed by atoms with Gasteiger partial charge in [0.25, 0.3) is 0 Å². The number of hydrogen-bond acceptors (Lipinski definition) is 8. The van der Waals surface area contributed by atoms with E-state index in [0.29, 0.717) is 24.2 Å². The molecule has 148 valence electrons. The number of piperidine rings is 1. The molecule has 8 heteroatoms. The van der Waals surface area contributed by atoms with Gasteiger partial charge in [0.2, 0.25) is 5.95 Å². The normalized spacial score (nSPS) is 15.0. The van der Waals surface area contributed by atoms with E-state index >= 15 is 0 Å². The molecule has 1 aromatic carbocycles. The maximum atomic E-state index is 8.91. The molecular weight excluding hydrogens is 356 g/mol. The molecule has 8 nitrogen and oxygen atoms in total. The lowest BCUT2D eigenvalue weighted by atomic mass is 10.0. The van der Waals surface area contributed by atoms with Crippen LogP contribution in [0, 0.1) is 11.3 Å². The Hall–Kier alpha value is -3.05. The zero-order chi connectivity index (χ0) is 19.9. The van der Waals surface area contributed by atoms with Gasteiger partial charge >= 0.3 is 0 Å². The molecule has 0 unspecified atom stereocenters. The van der Waals surface area contributed by atoms with E-state index in [1.54, 1.807) is 7.11 Å². The highest BCUT2D eigenvalue weighted by Crippen LogP contribution is 2.29. The zero-order valence-corrected chi connectivity index (χ0v) is 16.3. The van der Waals surface area contributed by atoms with E-state index in [9.17, 15) is 0 Å². The Bertz CT molecular complexity index is 843. The smallest absolute Gasteiger partial charge is 0.224 e. The van der Waals surface area contributed by atoms with Crippen molar-refractivity contribution < 1.29 is 9.47 Å². The zero-order valence-electron chi connectivity index (χ0n) is 16.3. The lowest BCUT2D eigenvalue weighted by molar-refractivity contribution is 0.210. The van der Waals surface area contributed by atoms with Crippen molar-refractivity contribution in [3.05, 3.63) is 35.5 Å². The maximum Gasteiger partial charge on any atom is 0.224 e. The number of benzene rings is 1. The highest BCUT2D eigenvalue weighted by atomic mass is 16.5. The largest absolute Gasteiger partial charge is 0.493 e. The summed E-state index contributed by atoms with van der Waals surface area (Å²) in [5.74, 6) is 2.23. The molecule has 3 N–H and O–H groups in total. The highest BCUT2D eigenvalue weighted by molar-refractivity contribution is 5.49. The van der Waals surface area contributed by atoms with Crippen molar-refractivity contribution in [2.24, 2.45) is 0 Å². The molecule has 2 heterocycles. The first kappa shape index (κ1) is 19.7. The van der Waals surface area contributed by atoms with Crippen LogP contribution in [0.1, 0.15) is 30.9 Å². The van der Waals surface area contributed by atoms with Crippen LogP contribution in [-0.4, -0.2) is 47.7 Å². The monoisotopic (exact) mass is 382 g/mol. The maximum absolute atomic E-state index is 8.91. The number of nitrogens with zero attached hydrogens (tertiary/aromatic N) is 4. The molecule has 0 atom stereocenters. The average molecular weight is 382 g/mol. The van der Waals surface area contributed by atoms with Crippen molar-refractivity contribution in [3.63, 3.8) is 0 Å². The Labute approximate surface area is 165 Å². The molecule has 1 aromatic heterocycles. The van der Waals surface area contributed by atoms with Crippen molar-refractivity contribution in [2.45, 2.75) is 32.4 Å². The molecule has 1 saturated heterocycles. The number of hydrogen-bond donors (Lipinski definition) is 2. The number of ether oxygens (including phenoxy) is 2. The summed E-state index contributed by atoms with van der Waals surface area (Å²) < 4.78 is 11.0. The minimum Gasteiger partial charge on any atom is -0.493 e. The first-order valence-corrected chi connectivity index (χ1v) is 9.44. The van der Waals surface area contributed by atoms with Crippen molar-refractivity contribution in [1.29, 1.82) is 5.26 Å². The molecule has 0 radical (unpaired) electrons. The first-order chi connectivity index (χ1) is 13.6. The highest BCUT2D eigenvalue weighted by Gasteiger charge is 2.20. The Morgan fingerprint density at radius 1 is 1.32 bits per heavy atom. The van der Waals surface area contributed by atoms with Crippen LogP contribution in [0.15, 0.2) is 24.4 Å². The van der Waals surface area contributed by atoms with Crippen LogP contribution in [0.3, 0.4) is 0 Å². The van der Waals surface area contributed by atoms with E-state index < -0.39 is 0 Å². The number of nitrogen functional groups attached to an aromatic ring is 1. The first-order valence-electron chi connectivity index (χ1n) is 9.44. The van der Waals surface area contributed by atoms with Crippen LogP contribution in [-0.2, 0) is 6.54 Å². The molecule has 0 bridgehead atoms.